The quantitative estimate of drug-likeness (QED) is 0.739. The van der Waals surface area contributed by atoms with Gasteiger partial charge in [-0.2, -0.15) is 0 Å². The summed E-state index contributed by atoms with van der Waals surface area (Å²) < 4.78 is 13.6. The highest BCUT2D eigenvalue weighted by Gasteiger charge is 2.30. The van der Waals surface area contributed by atoms with Crippen molar-refractivity contribution in [1.29, 1.82) is 0 Å². The highest BCUT2D eigenvalue weighted by Crippen LogP contribution is 2.23. The van der Waals surface area contributed by atoms with Crippen LogP contribution in [0, 0.1) is 0 Å². The van der Waals surface area contributed by atoms with E-state index in [0.29, 0.717) is 26.1 Å². The first-order valence-corrected chi connectivity index (χ1v) is 5.21. The predicted octanol–water partition coefficient (Wildman–Crippen LogP) is 0.946. The number of rotatable bonds is 3. The molecular formula is C10H19FN2O. The van der Waals surface area contributed by atoms with Crippen LogP contribution in [0.1, 0.15) is 26.7 Å². The van der Waals surface area contributed by atoms with Crippen LogP contribution in [-0.4, -0.2) is 42.7 Å². The van der Waals surface area contributed by atoms with Crippen molar-refractivity contribution in [1.82, 2.24) is 10.2 Å². The Hall–Kier alpha value is -0.640. The molecule has 0 aromatic heterocycles. The normalized spacial score (nSPS) is 28.8. The summed E-state index contributed by atoms with van der Waals surface area (Å²) in [5.74, 6) is -0.00907. The third-order valence-electron chi connectivity index (χ3n) is 2.47. The van der Waals surface area contributed by atoms with E-state index in [0.717, 1.165) is 13.0 Å². The van der Waals surface area contributed by atoms with Gasteiger partial charge in [0.15, 0.2) is 0 Å². The van der Waals surface area contributed by atoms with Gasteiger partial charge in [0.25, 0.3) is 0 Å². The Morgan fingerprint density at radius 2 is 2.36 bits per heavy atom. The van der Waals surface area contributed by atoms with Gasteiger partial charge in [-0.25, -0.2) is 4.39 Å². The maximum atomic E-state index is 13.6. The smallest absolute Gasteiger partial charge is 0.234 e. The molecule has 0 saturated carbocycles. The number of likely N-dealkylation sites (N-methyl/N-ethyl adjacent to an activating group) is 1. The van der Waals surface area contributed by atoms with Crippen molar-refractivity contribution in [2.75, 3.05) is 26.2 Å². The van der Waals surface area contributed by atoms with Crippen molar-refractivity contribution in [3.05, 3.63) is 0 Å². The number of carbonyl (C=O) groups is 1. The van der Waals surface area contributed by atoms with Crippen LogP contribution >= 0.6 is 0 Å². The first kappa shape index (κ1) is 11.4. The molecule has 1 aliphatic rings. The number of amides is 1. The van der Waals surface area contributed by atoms with Gasteiger partial charge in [-0.1, -0.05) is 0 Å². The molecule has 1 N–H and O–H groups in total. The maximum Gasteiger partial charge on any atom is 0.234 e. The summed E-state index contributed by atoms with van der Waals surface area (Å²) in [5.41, 5.74) is -1.12. The van der Waals surface area contributed by atoms with Gasteiger partial charge in [-0.05, 0) is 33.2 Å². The van der Waals surface area contributed by atoms with Crippen molar-refractivity contribution in [2.24, 2.45) is 0 Å². The third kappa shape index (κ3) is 3.62. The van der Waals surface area contributed by atoms with E-state index in [1.165, 1.54) is 0 Å². The lowest BCUT2D eigenvalue weighted by atomic mass is 9.97. The zero-order valence-corrected chi connectivity index (χ0v) is 8.98. The lowest BCUT2D eigenvalue weighted by molar-refractivity contribution is -0.123. The van der Waals surface area contributed by atoms with Crippen LogP contribution in [0.25, 0.3) is 0 Å². The van der Waals surface area contributed by atoms with Gasteiger partial charge in [0.1, 0.15) is 5.67 Å². The van der Waals surface area contributed by atoms with E-state index in [4.69, 9.17) is 0 Å². The van der Waals surface area contributed by atoms with Crippen molar-refractivity contribution in [3.8, 4) is 0 Å². The van der Waals surface area contributed by atoms with E-state index in [1.54, 1.807) is 6.92 Å². The molecule has 0 spiro atoms. The molecule has 1 atom stereocenters. The number of nitrogens with zero attached hydrogens (tertiary/aromatic N) is 1. The predicted molar refractivity (Wildman–Crippen MR) is 53.9 cm³/mol. The minimum atomic E-state index is -1.12. The standard InChI is InChI=1S/C10H19FN2O/c1-3-12-9(14)7-13-6-4-5-10(2,11)8-13/h3-8H2,1-2H3,(H,12,14)/t10-/m1/s1. The van der Waals surface area contributed by atoms with E-state index >= 15 is 0 Å². The first-order chi connectivity index (χ1) is 6.53. The summed E-state index contributed by atoms with van der Waals surface area (Å²) in [4.78, 5) is 13.1. The van der Waals surface area contributed by atoms with Gasteiger partial charge < -0.3 is 5.32 Å². The van der Waals surface area contributed by atoms with Crippen LogP contribution in [0.3, 0.4) is 0 Å². The molecule has 0 radical (unpaired) electrons. The molecule has 1 fully saturated rings. The third-order valence-corrected chi connectivity index (χ3v) is 2.47. The second-order valence-corrected chi connectivity index (χ2v) is 4.18. The van der Waals surface area contributed by atoms with E-state index in [9.17, 15) is 9.18 Å². The van der Waals surface area contributed by atoms with Gasteiger partial charge in [-0.15, -0.1) is 0 Å². The van der Waals surface area contributed by atoms with Crippen LogP contribution < -0.4 is 5.32 Å². The summed E-state index contributed by atoms with van der Waals surface area (Å²) in [5, 5.41) is 2.72. The summed E-state index contributed by atoms with van der Waals surface area (Å²) in [6, 6.07) is 0. The topological polar surface area (TPSA) is 32.3 Å². The van der Waals surface area contributed by atoms with Crippen LogP contribution in [-0.2, 0) is 4.79 Å². The Kier molecular flexibility index (Phi) is 3.86. The number of hydrogen-bond acceptors (Lipinski definition) is 2. The molecule has 1 saturated heterocycles. The zero-order valence-electron chi connectivity index (χ0n) is 8.98. The maximum absolute atomic E-state index is 13.6. The highest BCUT2D eigenvalue weighted by atomic mass is 19.1. The molecule has 82 valence electrons. The zero-order chi connectivity index (χ0) is 10.6. The number of alkyl halides is 1. The number of halogens is 1. The fraction of sp³-hybridized carbons (Fsp3) is 0.900. The molecule has 0 aromatic carbocycles. The SMILES string of the molecule is CCNC(=O)CN1CCC[C@@](C)(F)C1. The van der Waals surface area contributed by atoms with Gasteiger partial charge in [0.2, 0.25) is 5.91 Å². The Morgan fingerprint density at radius 1 is 1.64 bits per heavy atom. The van der Waals surface area contributed by atoms with Crippen molar-refractivity contribution >= 4 is 5.91 Å². The molecule has 0 aliphatic carbocycles. The molecule has 1 amide bonds. The summed E-state index contributed by atoms with van der Waals surface area (Å²) >= 11 is 0. The Bertz CT molecular complexity index is 206. The second kappa shape index (κ2) is 4.73. The van der Waals surface area contributed by atoms with Crippen LogP contribution in [0.2, 0.25) is 0 Å². The number of carbonyl (C=O) groups excluding carboxylic acids is 1. The molecule has 0 unspecified atom stereocenters. The highest BCUT2D eigenvalue weighted by molar-refractivity contribution is 5.77. The molecule has 1 aliphatic heterocycles. The summed E-state index contributed by atoms with van der Waals surface area (Å²) in [6.07, 6.45) is 1.45. The van der Waals surface area contributed by atoms with Gasteiger partial charge in [-0.3, -0.25) is 9.69 Å². The fourth-order valence-electron chi connectivity index (χ4n) is 1.89. The van der Waals surface area contributed by atoms with Crippen molar-refractivity contribution < 1.29 is 9.18 Å². The Balaban J connectivity index is 2.34. The Labute approximate surface area is 84.7 Å². The number of piperidine rings is 1. The van der Waals surface area contributed by atoms with E-state index in [1.807, 2.05) is 11.8 Å². The molecule has 0 aromatic rings. The summed E-state index contributed by atoms with van der Waals surface area (Å²) in [7, 11) is 0. The van der Waals surface area contributed by atoms with Crippen LogP contribution in [0.5, 0.6) is 0 Å². The van der Waals surface area contributed by atoms with Crippen LogP contribution in [0.4, 0.5) is 4.39 Å². The van der Waals surface area contributed by atoms with E-state index in [-0.39, 0.29) is 5.91 Å². The molecule has 3 nitrogen and oxygen atoms in total. The molecular weight excluding hydrogens is 183 g/mol. The first-order valence-electron chi connectivity index (χ1n) is 5.21. The monoisotopic (exact) mass is 202 g/mol. The molecule has 1 heterocycles. The Morgan fingerprint density at radius 3 is 2.93 bits per heavy atom. The van der Waals surface area contributed by atoms with Crippen molar-refractivity contribution in [2.45, 2.75) is 32.4 Å². The second-order valence-electron chi connectivity index (χ2n) is 4.18. The molecule has 14 heavy (non-hydrogen) atoms. The van der Waals surface area contributed by atoms with E-state index < -0.39 is 5.67 Å². The van der Waals surface area contributed by atoms with E-state index in [2.05, 4.69) is 5.32 Å². The summed E-state index contributed by atoms with van der Waals surface area (Å²) in [6.45, 7) is 5.66. The number of nitrogens with one attached hydrogen (secondary N) is 1. The number of hydrogen-bond donors (Lipinski definition) is 1. The molecule has 4 heteroatoms. The average molecular weight is 202 g/mol. The minimum Gasteiger partial charge on any atom is -0.355 e. The number of likely N-dealkylation sites (tertiary alicyclic amines) is 1. The lowest BCUT2D eigenvalue weighted by Gasteiger charge is -2.34. The minimum absolute atomic E-state index is 0.00907. The van der Waals surface area contributed by atoms with Gasteiger partial charge in [0, 0.05) is 13.1 Å². The van der Waals surface area contributed by atoms with Crippen molar-refractivity contribution in [3.63, 3.8) is 0 Å². The largest absolute Gasteiger partial charge is 0.355 e. The van der Waals surface area contributed by atoms with Gasteiger partial charge in [0.05, 0.1) is 6.54 Å². The molecule has 0 bridgehead atoms. The van der Waals surface area contributed by atoms with Gasteiger partial charge >= 0.3 is 0 Å². The lowest BCUT2D eigenvalue weighted by Crippen LogP contribution is -2.47. The van der Waals surface area contributed by atoms with Crippen LogP contribution in [0.15, 0.2) is 0 Å². The fourth-order valence-corrected chi connectivity index (χ4v) is 1.89. The average Bonchev–Trinajstić information content (AvgIpc) is 2.02. The molecule has 1 rings (SSSR count).